The summed E-state index contributed by atoms with van der Waals surface area (Å²) >= 11 is 1.73. The Morgan fingerprint density at radius 1 is 1.35 bits per heavy atom. The molecule has 0 aliphatic carbocycles. The van der Waals surface area contributed by atoms with Crippen LogP contribution in [0.3, 0.4) is 0 Å². The molecule has 0 saturated heterocycles. The van der Waals surface area contributed by atoms with Gasteiger partial charge in [0.2, 0.25) is 10.0 Å². The molecule has 0 radical (unpaired) electrons. The van der Waals surface area contributed by atoms with Gasteiger partial charge in [-0.05, 0) is 30.5 Å². The number of hydrogen-bond donors (Lipinski definition) is 1. The van der Waals surface area contributed by atoms with Crippen LogP contribution >= 0.6 is 11.8 Å². The van der Waals surface area contributed by atoms with Crippen LogP contribution in [0.5, 0.6) is 5.75 Å². The third-order valence-electron chi connectivity index (χ3n) is 2.17. The standard InChI is InChI=1S/C8H10OS.C6H11NO4S.CH4/c1-9-7-3-5-8(10-2)6-4-7;1-3-6(8)11-5-4-7-12(2,9)10;/h3-6H,1-2H3;3,7H,1,4-5H2,2H3;1H4. The number of hydrogen-bond acceptors (Lipinski definition) is 6. The number of esters is 1. The van der Waals surface area contributed by atoms with Crippen molar-refractivity contribution in [3.05, 3.63) is 36.9 Å². The summed E-state index contributed by atoms with van der Waals surface area (Å²) in [7, 11) is -1.52. The minimum absolute atomic E-state index is 0. The van der Waals surface area contributed by atoms with Gasteiger partial charge in [-0.1, -0.05) is 14.0 Å². The monoisotopic (exact) mass is 363 g/mol. The van der Waals surface area contributed by atoms with Gasteiger partial charge in [0.15, 0.2) is 0 Å². The van der Waals surface area contributed by atoms with E-state index >= 15 is 0 Å². The van der Waals surface area contributed by atoms with Crippen LogP contribution in [0.4, 0.5) is 0 Å². The minimum atomic E-state index is -3.20. The quantitative estimate of drug-likeness (QED) is 0.346. The molecule has 1 aromatic rings. The minimum Gasteiger partial charge on any atom is -0.497 e. The normalized spacial score (nSPS) is 9.70. The zero-order chi connectivity index (χ0) is 17.0. The van der Waals surface area contributed by atoms with Gasteiger partial charge in [0.05, 0.1) is 13.4 Å². The molecule has 0 atom stereocenters. The lowest BCUT2D eigenvalue weighted by Gasteiger charge is -2.01. The number of nitrogens with one attached hydrogen (secondary N) is 1. The molecule has 132 valence electrons. The Morgan fingerprint density at radius 3 is 2.30 bits per heavy atom. The zero-order valence-electron chi connectivity index (χ0n) is 12.9. The van der Waals surface area contributed by atoms with Crippen LogP contribution in [0.25, 0.3) is 0 Å². The van der Waals surface area contributed by atoms with E-state index in [-0.39, 0.29) is 20.6 Å². The van der Waals surface area contributed by atoms with Gasteiger partial charge in [-0.2, -0.15) is 0 Å². The van der Waals surface area contributed by atoms with E-state index in [4.69, 9.17) is 4.74 Å². The lowest BCUT2D eigenvalue weighted by molar-refractivity contribution is -0.137. The van der Waals surface area contributed by atoms with E-state index in [9.17, 15) is 13.2 Å². The number of ether oxygens (including phenoxy) is 2. The van der Waals surface area contributed by atoms with Gasteiger partial charge in [0.25, 0.3) is 0 Å². The molecule has 23 heavy (non-hydrogen) atoms. The van der Waals surface area contributed by atoms with E-state index in [1.54, 1.807) is 18.9 Å². The molecule has 1 rings (SSSR count). The Balaban J connectivity index is 0. The van der Waals surface area contributed by atoms with Crippen LogP contribution in [0.2, 0.25) is 0 Å². The third-order valence-corrected chi connectivity index (χ3v) is 3.64. The summed E-state index contributed by atoms with van der Waals surface area (Å²) < 4.78 is 32.6. The van der Waals surface area contributed by atoms with Crippen molar-refractivity contribution in [3.8, 4) is 5.75 Å². The molecule has 0 unspecified atom stereocenters. The summed E-state index contributed by atoms with van der Waals surface area (Å²) in [5, 5.41) is 0. The van der Waals surface area contributed by atoms with E-state index in [0.717, 1.165) is 18.1 Å². The van der Waals surface area contributed by atoms with Crippen molar-refractivity contribution in [2.45, 2.75) is 12.3 Å². The number of sulfonamides is 1. The predicted molar refractivity (Wildman–Crippen MR) is 95.5 cm³/mol. The molecule has 0 amide bonds. The maximum absolute atomic E-state index is 10.5. The molecule has 0 aliphatic heterocycles. The zero-order valence-corrected chi connectivity index (χ0v) is 14.5. The first-order chi connectivity index (χ1) is 10.3. The van der Waals surface area contributed by atoms with Crippen LogP contribution in [0.15, 0.2) is 41.8 Å². The molecule has 8 heteroatoms. The summed E-state index contributed by atoms with van der Waals surface area (Å²) in [4.78, 5) is 11.7. The predicted octanol–water partition coefficient (Wildman–Crippen LogP) is 2.32. The maximum atomic E-state index is 10.5. The van der Waals surface area contributed by atoms with Crippen molar-refractivity contribution < 1.29 is 22.7 Å². The fraction of sp³-hybridized carbons (Fsp3) is 0.400. The van der Waals surface area contributed by atoms with Gasteiger partial charge in [0.1, 0.15) is 12.4 Å². The molecule has 0 fully saturated rings. The van der Waals surface area contributed by atoms with Gasteiger partial charge in [0, 0.05) is 17.5 Å². The van der Waals surface area contributed by atoms with Crippen molar-refractivity contribution in [1.29, 1.82) is 0 Å². The van der Waals surface area contributed by atoms with E-state index in [1.807, 2.05) is 24.3 Å². The number of benzene rings is 1. The number of thioether (sulfide) groups is 1. The molecule has 1 aromatic carbocycles. The molecule has 0 spiro atoms. The van der Waals surface area contributed by atoms with Crippen molar-refractivity contribution in [1.82, 2.24) is 4.72 Å². The molecule has 0 saturated carbocycles. The summed E-state index contributed by atoms with van der Waals surface area (Å²) in [5.41, 5.74) is 0. The average molecular weight is 364 g/mol. The topological polar surface area (TPSA) is 81.7 Å². The highest BCUT2D eigenvalue weighted by molar-refractivity contribution is 7.98. The van der Waals surface area contributed by atoms with Crippen molar-refractivity contribution in [2.24, 2.45) is 0 Å². The number of rotatable bonds is 7. The molecule has 0 aromatic heterocycles. The Hall–Kier alpha value is -1.51. The summed E-state index contributed by atoms with van der Waals surface area (Å²) in [6.45, 7) is 3.27. The number of carbonyl (C=O) groups is 1. The average Bonchev–Trinajstić information content (AvgIpc) is 2.51. The van der Waals surface area contributed by atoms with Crippen LogP contribution in [0.1, 0.15) is 7.43 Å². The van der Waals surface area contributed by atoms with Crippen LogP contribution in [0, 0.1) is 0 Å². The first-order valence-electron chi connectivity index (χ1n) is 6.24. The Morgan fingerprint density at radius 2 is 1.91 bits per heavy atom. The van der Waals surface area contributed by atoms with Crippen LogP contribution in [-0.4, -0.2) is 47.2 Å². The Labute approximate surface area is 143 Å². The SMILES string of the molecule is C.C=CC(=O)OCCNS(C)(=O)=O.COc1ccc(SC)cc1. The molecule has 6 nitrogen and oxygen atoms in total. The highest BCUT2D eigenvalue weighted by Crippen LogP contribution is 2.18. The Bertz CT molecular complexity index is 533. The number of methoxy groups -OCH3 is 1. The molecule has 0 heterocycles. The summed E-state index contributed by atoms with van der Waals surface area (Å²) in [6, 6.07) is 8.02. The molecule has 1 N–H and O–H groups in total. The van der Waals surface area contributed by atoms with Gasteiger partial charge in [-0.15, -0.1) is 11.8 Å². The van der Waals surface area contributed by atoms with E-state index < -0.39 is 16.0 Å². The van der Waals surface area contributed by atoms with Crippen molar-refractivity contribution in [2.75, 3.05) is 32.8 Å². The highest BCUT2D eigenvalue weighted by atomic mass is 32.2. The van der Waals surface area contributed by atoms with E-state index in [1.165, 1.54) is 4.90 Å². The fourth-order valence-corrected chi connectivity index (χ4v) is 2.01. The fourth-order valence-electron chi connectivity index (χ4n) is 1.15. The second-order valence-electron chi connectivity index (χ2n) is 3.92. The van der Waals surface area contributed by atoms with Crippen molar-refractivity contribution >= 4 is 27.8 Å². The number of carbonyl (C=O) groups excluding carboxylic acids is 1. The van der Waals surface area contributed by atoms with Gasteiger partial charge in [-0.3, -0.25) is 0 Å². The molecule has 0 bridgehead atoms. The van der Waals surface area contributed by atoms with E-state index in [0.29, 0.717) is 0 Å². The third kappa shape index (κ3) is 13.8. The van der Waals surface area contributed by atoms with Gasteiger partial charge in [-0.25, -0.2) is 17.9 Å². The van der Waals surface area contributed by atoms with Crippen LogP contribution < -0.4 is 9.46 Å². The van der Waals surface area contributed by atoms with Crippen molar-refractivity contribution in [3.63, 3.8) is 0 Å². The molecule has 0 aliphatic rings. The molecular weight excluding hydrogens is 338 g/mol. The lowest BCUT2D eigenvalue weighted by atomic mass is 10.3. The second kappa shape index (κ2) is 13.0. The van der Waals surface area contributed by atoms with E-state index in [2.05, 4.69) is 22.3 Å². The highest BCUT2D eigenvalue weighted by Gasteiger charge is 2.00. The first kappa shape index (κ1) is 23.8. The van der Waals surface area contributed by atoms with Gasteiger partial charge >= 0.3 is 5.97 Å². The van der Waals surface area contributed by atoms with Crippen LogP contribution in [-0.2, 0) is 19.6 Å². The summed E-state index contributed by atoms with van der Waals surface area (Å²) in [5.74, 6) is 0.350. The maximum Gasteiger partial charge on any atom is 0.330 e. The first-order valence-corrected chi connectivity index (χ1v) is 9.36. The lowest BCUT2D eigenvalue weighted by Crippen LogP contribution is -2.26. The van der Waals surface area contributed by atoms with Gasteiger partial charge < -0.3 is 9.47 Å². The largest absolute Gasteiger partial charge is 0.497 e. The summed E-state index contributed by atoms with van der Waals surface area (Å²) in [6.07, 6.45) is 4.10. The smallest absolute Gasteiger partial charge is 0.330 e. The Kier molecular flexibility index (Phi) is 13.4. The second-order valence-corrected chi connectivity index (χ2v) is 6.63. The molecular formula is C15H25NO5S2.